The van der Waals surface area contributed by atoms with Crippen molar-refractivity contribution in [3.63, 3.8) is 0 Å². The number of fused-ring (bicyclic) bond motifs is 1. The van der Waals surface area contributed by atoms with Gasteiger partial charge in [-0.2, -0.15) is 4.55 Å². The summed E-state index contributed by atoms with van der Waals surface area (Å²) in [6, 6.07) is 13.2. The van der Waals surface area contributed by atoms with Gasteiger partial charge in [0.25, 0.3) is 5.91 Å². The molecule has 2 N–H and O–H groups in total. The smallest absolute Gasteiger partial charge is 0.255 e. The number of piperidine rings is 1. The summed E-state index contributed by atoms with van der Waals surface area (Å²) < 4.78 is 18.6. The second-order valence-electron chi connectivity index (χ2n) is 10.3. The molecule has 0 bridgehead atoms. The molecule has 3 amide bonds. The van der Waals surface area contributed by atoms with E-state index >= 15 is 0 Å². The molecule has 2 aromatic rings. The van der Waals surface area contributed by atoms with E-state index in [9.17, 15) is 18.9 Å². The largest absolute Gasteiger partial charge is 0.489 e. The Labute approximate surface area is 226 Å². The maximum Gasteiger partial charge on any atom is 0.255 e. The minimum absolute atomic E-state index is 0.204. The van der Waals surface area contributed by atoms with E-state index in [1.54, 1.807) is 12.1 Å². The fraction of sp³-hybridized carbons (Fsp3) is 0.464. The van der Waals surface area contributed by atoms with Gasteiger partial charge in [0.15, 0.2) is 5.25 Å². The third-order valence-corrected chi connectivity index (χ3v) is 9.12. The molecular weight excluding hydrogens is 504 g/mol. The fourth-order valence-electron chi connectivity index (χ4n) is 5.23. The number of rotatable bonds is 8. The van der Waals surface area contributed by atoms with Crippen LogP contribution in [0, 0.1) is 0 Å². The number of nitrogens with zero attached hydrogens (tertiary/aromatic N) is 3. The minimum Gasteiger partial charge on any atom is -0.489 e. The molecule has 0 spiro atoms. The number of hydrogen-bond acceptors (Lipinski definition) is 7. The van der Waals surface area contributed by atoms with E-state index in [-0.39, 0.29) is 30.0 Å². The zero-order valence-electron chi connectivity index (χ0n) is 21.9. The van der Waals surface area contributed by atoms with E-state index in [1.807, 2.05) is 6.07 Å². The number of piperazine rings is 1. The van der Waals surface area contributed by atoms with E-state index in [2.05, 4.69) is 52.6 Å². The lowest BCUT2D eigenvalue weighted by atomic mass is 10.0. The average molecular weight is 540 g/mol. The van der Waals surface area contributed by atoms with E-state index < -0.39 is 23.3 Å². The fourth-order valence-corrected chi connectivity index (χ4v) is 6.36. The van der Waals surface area contributed by atoms with Crippen molar-refractivity contribution in [1.29, 1.82) is 0 Å². The van der Waals surface area contributed by atoms with Gasteiger partial charge in [0.05, 0.1) is 19.6 Å². The first kappa shape index (κ1) is 26.7. The molecule has 0 saturated carbocycles. The highest BCUT2D eigenvalue weighted by molar-refractivity contribution is 7.89. The number of ether oxygens (including phenoxy) is 1. The van der Waals surface area contributed by atoms with Crippen LogP contribution < -0.4 is 10.1 Å². The van der Waals surface area contributed by atoms with Gasteiger partial charge in [0, 0.05) is 37.2 Å². The molecule has 0 aromatic heterocycles. The highest BCUT2D eigenvalue weighted by Gasteiger charge is 2.40. The molecule has 10 heteroatoms. The summed E-state index contributed by atoms with van der Waals surface area (Å²) in [5, 5.41) is 2.60. The Morgan fingerprint density at radius 3 is 2.42 bits per heavy atom. The van der Waals surface area contributed by atoms with E-state index in [0.717, 1.165) is 43.9 Å². The minimum atomic E-state index is -0.658. The lowest BCUT2D eigenvalue weighted by Crippen LogP contribution is -2.52. The third kappa shape index (κ3) is 5.73. The zero-order chi connectivity index (χ0) is 26.8. The second-order valence-corrected chi connectivity index (χ2v) is 12.4. The standard InChI is InChI=1S/C28H34N4O5S/c1-19(2)38(36)31-14-12-30(13-15-31)16-20-6-8-21(9-7-20)18-37-25-5-3-4-22-23(25)17-32(28(22)35)24-10-11-26(33)29-27(24)34/h3-9,19,24,36H,10-18H2,1-2H3/p+1. The summed E-state index contributed by atoms with van der Waals surface area (Å²) in [4.78, 5) is 40.8. The van der Waals surface area contributed by atoms with Gasteiger partial charge >= 0.3 is 0 Å². The lowest BCUT2D eigenvalue weighted by molar-refractivity contribution is -0.136. The quantitative estimate of drug-likeness (QED) is 0.393. The molecule has 3 aliphatic rings. The summed E-state index contributed by atoms with van der Waals surface area (Å²) in [7, 11) is 0. The van der Waals surface area contributed by atoms with Crippen LogP contribution in [0.1, 0.15) is 53.7 Å². The third-order valence-electron chi connectivity index (χ3n) is 7.38. The van der Waals surface area contributed by atoms with Crippen molar-refractivity contribution in [1.82, 2.24) is 19.4 Å². The van der Waals surface area contributed by atoms with Gasteiger partial charge in [-0.1, -0.05) is 34.6 Å². The van der Waals surface area contributed by atoms with Gasteiger partial charge in [-0.15, -0.1) is 0 Å². The van der Waals surface area contributed by atoms with Crippen LogP contribution in [0.4, 0.5) is 0 Å². The van der Waals surface area contributed by atoms with Crippen LogP contribution in [-0.4, -0.2) is 73.9 Å². The topological polar surface area (TPSA) is 102 Å². The highest BCUT2D eigenvalue weighted by Crippen LogP contribution is 2.34. The van der Waals surface area contributed by atoms with Gasteiger partial charge < -0.3 is 9.64 Å². The molecule has 2 unspecified atom stereocenters. The maximum atomic E-state index is 13.0. The van der Waals surface area contributed by atoms with Crippen LogP contribution in [0.15, 0.2) is 42.5 Å². The Morgan fingerprint density at radius 1 is 1.03 bits per heavy atom. The summed E-state index contributed by atoms with van der Waals surface area (Å²) in [6.45, 7) is 9.30. The number of amides is 3. The number of imide groups is 1. The normalized spacial score (nSPS) is 21.5. The summed E-state index contributed by atoms with van der Waals surface area (Å²) in [6.07, 6.45) is 0.566. The van der Waals surface area contributed by atoms with Gasteiger partial charge in [-0.05, 0) is 43.5 Å². The van der Waals surface area contributed by atoms with Crippen LogP contribution >= 0.6 is 0 Å². The predicted octanol–water partition coefficient (Wildman–Crippen LogP) is 2.56. The van der Waals surface area contributed by atoms with Crippen LogP contribution in [-0.2, 0) is 40.6 Å². The zero-order valence-corrected chi connectivity index (χ0v) is 22.7. The van der Waals surface area contributed by atoms with Crippen molar-refractivity contribution in [3.05, 3.63) is 64.7 Å². The average Bonchev–Trinajstić information content (AvgIpc) is 3.25. The second kappa shape index (κ2) is 11.4. The van der Waals surface area contributed by atoms with Crippen molar-refractivity contribution in [3.8, 4) is 5.75 Å². The van der Waals surface area contributed by atoms with Gasteiger partial charge in [0.2, 0.25) is 23.2 Å². The lowest BCUT2D eigenvalue weighted by Gasteiger charge is -2.31. The Hall–Kier alpha value is -2.92. The molecule has 3 aliphatic heterocycles. The van der Waals surface area contributed by atoms with Gasteiger partial charge in [-0.3, -0.25) is 24.6 Å². The van der Waals surface area contributed by atoms with Gasteiger partial charge in [0.1, 0.15) is 18.4 Å². The van der Waals surface area contributed by atoms with Gasteiger partial charge in [-0.25, -0.2) is 0 Å². The first-order valence-electron chi connectivity index (χ1n) is 13.2. The first-order valence-corrected chi connectivity index (χ1v) is 14.4. The van der Waals surface area contributed by atoms with Crippen LogP contribution in [0.5, 0.6) is 5.75 Å². The molecule has 0 aliphatic carbocycles. The van der Waals surface area contributed by atoms with Crippen molar-refractivity contribution in [2.45, 2.75) is 57.7 Å². The van der Waals surface area contributed by atoms with Crippen LogP contribution in [0.2, 0.25) is 0 Å². The number of carbonyl (C=O) groups excluding carboxylic acids is 3. The summed E-state index contributed by atoms with van der Waals surface area (Å²) in [5.41, 5.74) is 3.59. The van der Waals surface area contributed by atoms with Crippen molar-refractivity contribution < 1.29 is 23.7 Å². The van der Waals surface area contributed by atoms with Crippen molar-refractivity contribution >= 4 is 29.1 Å². The molecule has 38 heavy (non-hydrogen) atoms. The maximum absolute atomic E-state index is 13.0. The summed E-state index contributed by atoms with van der Waals surface area (Å²) >= 11 is -0.658. The molecule has 0 radical (unpaired) electrons. The van der Waals surface area contributed by atoms with E-state index in [4.69, 9.17) is 4.74 Å². The van der Waals surface area contributed by atoms with Crippen molar-refractivity contribution in [2.24, 2.45) is 0 Å². The number of hydrogen-bond donors (Lipinski definition) is 2. The van der Waals surface area contributed by atoms with Crippen LogP contribution in [0.25, 0.3) is 0 Å². The molecular formula is C28H35N4O5S+. The Bertz CT molecular complexity index is 1200. The molecule has 2 aromatic carbocycles. The Kier molecular flexibility index (Phi) is 8.04. The van der Waals surface area contributed by atoms with E-state index in [1.165, 1.54) is 10.5 Å². The summed E-state index contributed by atoms with van der Waals surface area (Å²) in [5.74, 6) is -0.281. The number of carbonyl (C=O) groups is 3. The molecule has 2 atom stereocenters. The SMILES string of the molecule is CC(C)[S+](O)N1CCN(Cc2ccc(COc3cccc4c3CN(C3CCC(=O)NC3=O)C4=O)cc2)CC1. The Morgan fingerprint density at radius 2 is 1.74 bits per heavy atom. The molecule has 2 saturated heterocycles. The predicted molar refractivity (Wildman–Crippen MR) is 145 cm³/mol. The van der Waals surface area contributed by atoms with E-state index in [0.29, 0.717) is 24.3 Å². The highest BCUT2D eigenvalue weighted by atomic mass is 32.2. The first-order chi connectivity index (χ1) is 18.3. The number of benzene rings is 2. The van der Waals surface area contributed by atoms with Crippen LogP contribution in [0.3, 0.4) is 0 Å². The molecule has 5 rings (SSSR count). The number of nitrogens with one attached hydrogen (secondary N) is 1. The molecule has 3 heterocycles. The molecule has 9 nitrogen and oxygen atoms in total. The van der Waals surface area contributed by atoms with Crippen molar-refractivity contribution in [2.75, 3.05) is 26.2 Å². The Balaban J connectivity index is 1.16. The molecule has 2 fully saturated rings. The molecule has 202 valence electrons. The monoisotopic (exact) mass is 539 g/mol.